The van der Waals surface area contributed by atoms with E-state index in [0.717, 1.165) is 11.1 Å². The highest BCUT2D eigenvalue weighted by molar-refractivity contribution is 7.92. The summed E-state index contributed by atoms with van der Waals surface area (Å²) >= 11 is 5.85. The monoisotopic (exact) mass is 338 g/mol. The van der Waals surface area contributed by atoms with Gasteiger partial charge >= 0.3 is 0 Å². The summed E-state index contributed by atoms with van der Waals surface area (Å²) in [6.45, 7) is 0. The Labute approximate surface area is 134 Å². The third-order valence-corrected chi connectivity index (χ3v) is 3.79. The van der Waals surface area contributed by atoms with Crippen molar-refractivity contribution in [3.05, 3.63) is 64.8 Å². The molecule has 0 aliphatic carbocycles. The van der Waals surface area contributed by atoms with E-state index in [9.17, 15) is 13.2 Å². The maximum Gasteiger partial charge on any atom is 0.230 e. The van der Waals surface area contributed by atoms with Crippen LogP contribution in [0.1, 0.15) is 23.3 Å². The van der Waals surface area contributed by atoms with Crippen LogP contribution in [-0.4, -0.2) is 18.8 Å². The number of allylic oxidation sites excluding steroid dienone is 1. The minimum Gasteiger partial charge on any atom is -0.314 e. The van der Waals surface area contributed by atoms with Crippen LogP contribution in [0.4, 0.5) is 0 Å². The number of Topliss-reactive ketones (excluding diaryl/α,β-unsaturated/α-hetero) is 1. The van der Waals surface area contributed by atoms with Crippen molar-refractivity contribution >= 4 is 27.4 Å². The summed E-state index contributed by atoms with van der Waals surface area (Å²) in [7, 11) is -3.64. The lowest BCUT2D eigenvalue weighted by Gasteiger charge is -2.08. The zero-order valence-electron chi connectivity index (χ0n) is 11.6. The maximum absolute atomic E-state index is 12.2. The molecule has 0 aliphatic heterocycles. The first-order valence-electron chi connectivity index (χ1n) is 6.53. The lowest BCUT2D eigenvalue weighted by molar-refractivity contribution is 0.0977. The molecule has 116 valence electrons. The summed E-state index contributed by atoms with van der Waals surface area (Å²) in [6, 6.07) is 10.6. The van der Waals surface area contributed by atoms with Gasteiger partial charge in [-0.2, -0.15) is 0 Å². The molecule has 1 aromatic carbocycles. The van der Waals surface area contributed by atoms with Gasteiger partial charge < -0.3 is 4.57 Å². The highest BCUT2D eigenvalue weighted by Gasteiger charge is 2.11. The van der Waals surface area contributed by atoms with E-state index in [1.807, 2.05) is 12.1 Å². The largest absolute Gasteiger partial charge is 0.314 e. The molecule has 0 aliphatic rings. The second kappa shape index (κ2) is 6.91. The third-order valence-electron chi connectivity index (χ3n) is 2.96. The molecule has 0 unspecified atom stereocenters. The van der Waals surface area contributed by atoms with Crippen LogP contribution in [0.25, 0.3) is 5.69 Å². The number of halogens is 1. The topological polar surface area (TPSA) is 82.2 Å². The minimum atomic E-state index is -3.64. The molecule has 1 aromatic heterocycles. The molecule has 0 bridgehead atoms. The molecule has 5 nitrogen and oxygen atoms in total. The van der Waals surface area contributed by atoms with Crippen molar-refractivity contribution in [3.63, 3.8) is 0 Å². The summed E-state index contributed by atoms with van der Waals surface area (Å²) in [6.07, 6.45) is 3.67. The highest BCUT2D eigenvalue weighted by atomic mass is 35.5. The smallest absolute Gasteiger partial charge is 0.230 e. The molecule has 0 spiro atoms. The molecule has 2 aromatic rings. The molecule has 7 heteroatoms. The molecule has 1 heterocycles. The Kier molecular flexibility index (Phi) is 5.18. The zero-order valence-corrected chi connectivity index (χ0v) is 13.2. The molecule has 2 N–H and O–H groups in total. The van der Waals surface area contributed by atoms with Gasteiger partial charge in [0.1, 0.15) is 0 Å². The summed E-state index contributed by atoms with van der Waals surface area (Å²) in [5, 5.41) is 6.37. The number of primary sulfonamides is 1. The number of ketones is 1. The van der Waals surface area contributed by atoms with Crippen LogP contribution in [0.2, 0.25) is 5.02 Å². The number of hydrogen-bond donors (Lipinski definition) is 1. The lowest BCUT2D eigenvalue weighted by atomic mass is 10.1. The highest BCUT2D eigenvalue weighted by Crippen LogP contribution is 2.17. The van der Waals surface area contributed by atoms with Gasteiger partial charge in [0, 0.05) is 28.7 Å². The molecular formula is C15H15ClN2O3S. The molecule has 0 atom stereocenters. The van der Waals surface area contributed by atoms with E-state index < -0.39 is 10.0 Å². The average Bonchev–Trinajstić information content (AvgIpc) is 2.92. The SMILES string of the molecule is NS(=O)(=O)C=CCCC(=O)c1cccn1-c1ccc(Cl)cc1. The van der Waals surface area contributed by atoms with Crippen LogP contribution in [0.15, 0.2) is 54.1 Å². The molecule has 0 amide bonds. The van der Waals surface area contributed by atoms with Gasteiger partial charge in [0.15, 0.2) is 5.78 Å². The van der Waals surface area contributed by atoms with Crippen molar-refractivity contribution in [3.8, 4) is 5.69 Å². The summed E-state index contributed by atoms with van der Waals surface area (Å²) in [5.74, 6) is -0.0842. The van der Waals surface area contributed by atoms with Crippen molar-refractivity contribution in [2.75, 3.05) is 0 Å². The predicted molar refractivity (Wildman–Crippen MR) is 86.6 cm³/mol. The van der Waals surface area contributed by atoms with Crippen LogP contribution in [0.5, 0.6) is 0 Å². The Bertz CT molecular complexity index is 792. The van der Waals surface area contributed by atoms with Gasteiger partial charge in [0.25, 0.3) is 0 Å². The first-order valence-corrected chi connectivity index (χ1v) is 8.51. The van der Waals surface area contributed by atoms with Crippen molar-refractivity contribution in [1.82, 2.24) is 4.57 Å². The van der Waals surface area contributed by atoms with Crippen LogP contribution in [-0.2, 0) is 10.0 Å². The Morgan fingerprint density at radius 3 is 2.55 bits per heavy atom. The van der Waals surface area contributed by atoms with Gasteiger partial charge in [-0.25, -0.2) is 13.6 Å². The fourth-order valence-electron chi connectivity index (χ4n) is 1.98. The van der Waals surface area contributed by atoms with Crippen LogP contribution in [0.3, 0.4) is 0 Å². The molecule has 22 heavy (non-hydrogen) atoms. The normalized spacial score (nSPS) is 11.9. The van der Waals surface area contributed by atoms with E-state index in [4.69, 9.17) is 16.7 Å². The Balaban J connectivity index is 2.10. The Morgan fingerprint density at radius 1 is 1.23 bits per heavy atom. The summed E-state index contributed by atoms with van der Waals surface area (Å²) in [5.41, 5.74) is 1.36. The number of rotatable bonds is 6. The number of hydrogen-bond acceptors (Lipinski definition) is 3. The van der Waals surface area contributed by atoms with E-state index >= 15 is 0 Å². The van der Waals surface area contributed by atoms with Gasteiger partial charge in [0.05, 0.1) is 5.69 Å². The maximum atomic E-state index is 12.2. The number of aromatic nitrogens is 1. The molecule has 0 saturated carbocycles. The van der Waals surface area contributed by atoms with Crippen LogP contribution in [0, 0.1) is 0 Å². The molecule has 2 rings (SSSR count). The first-order chi connectivity index (χ1) is 10.4. The quantitative estimate of drug-likeness (QED) is 0.822. The number of carbonyl (C=O) groups excluding carboxylic acids is 1. The van der Waals surface area contributed by atoms with E-state index in [1.165, 1.54) is 6.08 Å². The van der Waals surface area contributed by atoms with E-state index in [0.29, 0.717) is 17.1 Å². The van der Waals surface area contributed by atoms with Gasteiger partial charge in [-0.05, 0) is 42.8 Å². The van der Waals surface area contributed by atoms with Crippen LogP contribution >= 0.6 is 11.6 Å². The molecule has 0 saturated heterocycles. The number of nitrogens with two attached hydrogens (primary N) is 1. The van der Waals surface area contributed by atoms with Crippen molar-refractivity contribution < 1.29 is 13.2 Å². The number of carbonyl (C=O) groups is 1. The average molecular weight is 339 g/mol. The van der Waals surface area contributed by atoms with Gasteiger partial charge in [0.2, 0.25) is 10.0 Å². The second-order valence-electron chi connectivity index (χ2n) is 4.66. The second-order valence-corrected chi connectivity index (χ2v) is 6.55. The Hall–Kier alpha value is -1.89. The van der Waals surface area contributed by atoms with E-state index in [-0.39, 0.29) is 12.2 Å². The molecular weight excluding hydrogens is 324 g/mol. The van der Waals surface area contributed by atoms with Gasteiger partial charge in [-0.3, -0.25) is 4.79 Å². The van der Waals surface area contributed by atoms with E-state index in [2.05, 4.69) is 0 Å². The first kappa shape index (κ1) is 16.5. The Morgan fingerprint density at radius 2 is 1.91 bits per heavy atom. The fraction of sp³-hybridized carbons (Fsp3) is 0.133. The fourth-order valence-corrected chi connectivity index (χ4v) is 2.51. The number of nitrogens with zero attached hydrogens (tertiary/aromatic N) is 1. The third kappa shape index (κ3) is 4.56. The van der Waals surface area contributed by atoms with Crippen molar-refractivity contribution in [2.45, 2.75) is 12.8 Å². The predicted octanol–water partition coefficient (Wildman–Crippen LogP) is 2.90. The minimum absolute atomic E-state index is 0.0842. The van der Waals surface area contributed by atoms with Gasteiger partial charge in [-0.1, -0.05) is 17.7 Å². The molecule has 0 fully saturated rings. The lowest BCUT2D eigenvalue weighted by Crippen LogP contribution is -2.08. The zero-order chi connectivity index (χ0) is 16.2. The van der Waals surface area contributed by atoms with Crippen LogP contribution < -0.4 is 5.14 Å². The number of sulfonamides is 1. The number of benzene rings is 1. The standard InChI is InChI=1S/C15H15ClN2O3S/c16-12-6-8-13(9-7-12)18-10-3-4-14(18)15(19)5-1-2-11-22(17,20)21/h2-4,6-11H,1,5H2,(H2,17,20,21). The van der Waals surface area contributed by atoms with Crippen molar-refractivity contribution in [2.24, 2.45) is 5.14 Å². The summed E-state index contributed by atoms with van der Waals surface area (Å²) in [4.78, 5) is 12.2. The van der Waals surface area contributed by atoms with E-state index in [1.54, 1.807) is 35.0 Å². The molecule has 0 radical (unpaired) electrons. The summed E-state index contributed by atoms with van der Waals surface area (Å²) < 4.78 is 23.3. The van der Waals surface area contributed by atoms with Crippen molar-refractivity contribution in [1.29, 1.82) is 0 Å². The van der Waals surface area contributed by atoms with Gasteiger partial charge in [-0.15, -0.1) is 0 Å².